The molecule has 4 N–H and O–H groups in total. The Labute approximate surface area is 113 Å². The molecule has 2 rings (SSSR count). The lowest BCUT2D eigenvalue weighted by atomic mass is 10.3. The van der Waals surface area contributed by atoms with Gasteiger partial charge in [0.15, 0.2) is 11.5 Å². The highest BCUT2D eigenvalue weighted by Gasteiger charge is 2.13. The molecule has 0 bridgehead atoms. The number of imidazole rings is 1. The van der Waals surface area contributed by atoms with Crippen molar-refractivity contribution in [3.8, 4) is 0 Å². The van der Waals surface area contributed by atoms with E-state index in [0.29, 0.717) is 19.2 Å². The van der Waals surface area contributed by atoms with Crippen molar-refractivity contribution < 1.29 is 23.5 Å². The Balaban J connectivity index is 0.000000956. The van der Waals surface area contributed by atoms with Crippen molar-refractivity contribution in [3.63, 3.8) is 0 Å². The SMILES string of the molecule is CF.Nc1ncnn2c(CCOCP(=O)(O)O)cnc12. The number of fused-ring (bicyclic) bond motifs is 1. The molecule has 2 aromatic rings. The predicted molar refractivity (Wildman–Crippen MR) is 68.8 cm³/mol. The zero-order valence-electron chi connectivity index (χ0n) is 10.7. The second kappa shape index (κ2) is 7.25. The van der Waals surface area contributed by atoms with Gasteiger partial charge in [-0.15, -0.1) is 0 Å². The number of rotatable bonds is 5. The zero-order chi connectivity index (χ0) is 15.2. The van der Waals surface area contributed by atoms with Gasteiger partial charge >= 0.3 is 7.60 Å². The van der Waals surface area contributed by atoms with Crippen molar-refractivity contribution in [2.45, 2.75) is 6.42 Å². The van der Waals surface area contributed by atoms with Gasteiger partial charge in [-0.3, -0.25) is 8.96 Å². The maximum absolute atomic E-state index is 10.6. The van der Waals surface area contributed by atoms with Crippen LogP contribution in [0.25, 0.3) is 5.65 Å². The van der Waals surface area contributed by atoms with Crippen molar-refractivity contribution in [2.24, 2.45) is 0 Å². The van der Waals surface area contributed by atoms with Gasteiger partial charge < -0.3 is 20.3 Å². The van der Waals surface area contributed by atoms with E-state index in [1.165, 1.54) is 10.8 Å². The summed E-state index contributed by atoms with van der Waals surface area (Å²) in [6.07, 6.45) is 2.70. The molecule has 0 aromatic carbocycles. The van der Waals surface area contributed by atoms with Gasteiger partial charge in [-0.05, 0) is 0 Å². The number of alkyl halides is 1. The summed E-state index contributed by atoms with van der Waals surface area (Å²) < 4.78 is 26.5. The Morgan fingerprint density at radius 1 is 1.45 bits per heavy atom. The van der Waals surface area contributed by atoms with E-state index in [4.69, 9.17) is 20.3 Å². The molecule has 0 radical (unpaired) electrons. The lowest BCUT2D eigenvalue weighted by Crippen LogP contribution is -2.06. The lowest BCUT2D eigenvalue weighted by Gasteiger charge is -2.05. The smallest absolute Gasteiger partial charge is 0.350 e. The monoisotopic (exact) mass is 307 g/mol. The van der Waals surface area contributed by atoms with Crippen LogP contribution in [0.4, 0.5) is 10.2 Å². The van der Waals surface area contributed by atoms with Crippen LogP contribution < -0.4 is 5.73 Å². The van der Waals surface area contributed by atoms with E-state index in [2.05, 4.69) is 15.1 Å². The highest BCUT2D eigenvalue weighted by molar-refractivity contribution is 7.51. The Bertz CT molecular complexity index is 601. The van der Waals surface area contributed by atoms with Crippen LogP contribution in [0.15, 0.2) is 12.5 Å². The minimum Gasteiger partial charge on any atom is -0.381 e. The molecule has 9 nitrogen and oxygen atoms in total. The number of aromatic nitrogens is 4. The maximum atomic E-state index is 10.6. The minimum atomic E-state index is -4.12. The Morgan fingerprint density at radius 3 is 2.80 bits per heavy atom. The molecule has 20 heavy (non-hydrogen) atoms. The number of hydrogen-bond acceptors (Lipinski definition) is 6. The molecule has 0 aliphatic carbocycles. The topological polar surface area (TPSA) is 136 Å². The van der Waals surface area contributed by atoms with Crippen molar-refractivity contribution in [2.75, 3.05) is 25.9 Å². The quantitative estimate of drug-likeness (QED) is 0.518. The molecule has 0 aliphatic rings. The van der Waals surface area contributed by atoms with Gasteiger partial charge in [0.05, 0.1) is 25.7 Å². The van der Waals surface area contributed by atoms with Crippen LogP contribution in [0.5, 0.6) is 0 Å². The van der Waals surface area contributed by atoms with Crippen molar-refractivity contribution >= 4 is 19.1 Å². The molecule has 0 unspecified atom stereocenters. The largest absolute Gasteiger partial charge is 0.381 e. The molecule has 0 spiro atoms. The second-order valence-corrected chi connectivity index (χ2v) is 5.17. The van der Waals surface area contributed by atoms with Crippen molar-refractivity contribution in [3.05, 3.63) is 18.2 Å². The first-order chi connectivity index (χ1) is 9.47. The van der Waals surface area contributed by atoms with Gasteiger partial charge in [0.25, 0.3) is 0 Å². The third kappa shape index (κ3) is 4.49. The molecule has 11 heteroatoms. The highest BCUT2D eigenvalue weighted by atomic mass is 31.2. The molecule has 2 heterocycles. The lowest BCUT2D eigenvalue weighted by molar-refractivity contribution is 0.159. The van der Waals surface area contributed by atoms with Gasteiger partial charge in [-0.1, -0.05) is 0 Å². The van der Waals surface area contributed by atoms with Crippen LogP contribution in [0.2, 0.25) is 0 Å². The number of halogens is 1. The summed E-state index contributed by atoms with van der Waals surface area (Å²) in [7, 11) is -3.62. The molecular formula is C9H15FN5O4P. The highest BCUT2D eigenvalue weighted by Crippen LogP contribution is 2.33. The molecule has 0 fully saturated rings. The molecule has 0 saturated carbocycles. The van der Waals surface area contributed by atoms with Gasteiger partial charge in [0.1, 0.15) is 12.7 Å². The molecule has 0 amide bonds. The summed E-state index contributed by atoms with van der Waals surface area (Å²) in [5.74, 6) is 0.271. The standard InChI is InChI=1S/C8H12N5O4P.CH3F/c9-7-8-10-3-6(13(8)12-4-11-7)1-2-17-5-18(14,15)16;1-2/h3-4H,1-2,5H2,(H2,9,11,12)(H2,14,15,16);1H3. The number of nitrogens with two attached hydrogens (primary N) is 1. The normalized spacial score (nSPS) is 11.2. The van der Waals surface area contributed by atoms with Crippen molar-refractivity contribution in [1.29, 1.82) is 0 Å². The van der Waals surface area contributed by atoms with Crippen LogP contribution in [0.1, 0.15) is 5.69 Å². The molecular weight excluding hydrogens is 292 g/mol. The van der Waals surface area contributed by atoms with Crippen LogP contribution in [0, 0.1) is 0 Å². The average Bonchev–Trinajstić information content (AvgIpc) is 2.81. The van der Waals surface area contributed by atoms with Gasteiger partial charge in [-0.2, -0.15) is 5.10 Å². The van der Waals surface area contributed by atoms with E-state index < -0.39 is 13.9 Å². The average molecular weight is 307 g/mol. The van der Waals surface area contributed by atoms with E-state index in [1.807, 2.05) is 0 Å². The first kappa shape index (κ1) is 16.4. The molecule has 2 aromatic heterocycles. The summed E-state index contributed by atoms with van der Waals surface area (Å²) in [5, 5.41) is 3.98. The number of nitrogens with zero attached hydrogens (tertiary/aromatic N) is 4. The van der Waals surface area contributed by atoms with E-state index in [1.54, 1.807) is 6.20 Å². The number of ether oxygens (including phenoxy) is 1. The summed E-state index contributed by atoms with van der Waals surface area (Å²) in [6, 6.07) is 0. The number of nitrogen functional groups attached to an aromatic ring is 1. The van der Waals surface area contributed by atoms with Crippen LogP contribution in [-0.2, 0) is 15.7 Å². The fourth-order valence-corrected chi connectivity index (χ4v) is 1.78. The van der Waals surface area contributed by atoms with E-state index in [0.717, 1.165) is 5.69 Å². The summed E-state index contributed by atoms with van der Waals surface area (Å²) >= 11 is 0. The Morgan fingerprint density at radius 2 is 2.15 bits per heavy atom. The van der Waals surface area contributed by atoms with E-state index in [-0.39, 0.29) is 12.4 Å². The number of anilines is 1. The van der Waals surface area contributed by atoms with Gasteiger partial charge in [0.2, 0.25) is 0 Å². The molecule has 0 atom stereocenters. The van der Waals surface area contributed by atoms with Crippen molar-refractivity contribution in [1.82, 2.24) is 19.6 Å². The molecule has 0 aliphatic heterocycles. The third-order valence-corrected chi connectivity index (χ3v) is 2.68. The predicted octanol–water partition coefficient (Wildman–Crippen LogP) is -0.0135. The first-order valence-electron chi connectivity index (χ1n) is 5.40. The van der Waals surface area contributed by atoms with Crippen LogP contribution >= 0.6 is 7.60 Å². The van der Waals surface area contributed by atoms with Crippen LogP contribution in [0.3, 0.4) is 0 Å². The van der Waals surface area contributed by atoms with Gasteiger partial charge in [-0.25, -0.2) is 14.5 Å². The summed E-state index contributed by atoms with van der Waals surface area (Å²) in [6.45, 7) is 0.156. The van der Waals surface area contributed by atoms with E-state index in [9.17, 15) is 8.96 Å². The Kier molecular flexibility index (Phi) is 5.96. The Hall–Kier alpha value is -1.61. The fraction of sp³-hybridized carbons (Fsp3) is 0.444. The maximum Gasteiger partial charge on any atom is 0.350 e. The second-order valence-electron chi connectivity index (χ2n) is 3.58. The minimum absolute atomic E-state index is 0.156. The fourth-order valence-electron chi connectivity index (χ4n) is 1.41. The number of hydrogen-bond donors (Lipinski definition) is 3. The third-order valence-electron chi connectivity index (χ3n) is 2.16. The van der Waals surface area contributed by atoms with Crippen LogP contribution in [-0.4, -0.2) is 49.5 Å². The van der Waals surface area contributed by atoms with Gasteiger partial charge in [0, 0.05) is 6.42 Å². The summed E-state index contributed by atoms with van der Waals surface area (Å²) in [5.41, 5.74) is 6.79. The molecule has 112 valence electrons. The zero-order valence-corrected chi connectivity index (χ0v) is 11.6. The van der Waals surface area contributed by atoms with E-state index >= 15 is 0 Å². The first-order valence-corrected chi connectivity index (χ1v) is 7.20. The summed E-state index contributed by atoms with van der Waals surface area (Å²) in [4.78, 5) is 25.1. The molecule has 0 saturated heterocycles.